The maximum atomic E-state index is 12.8. The molecule has 150 valence electrons. The second-order valence-electron chi connectivity index (χ2n) is 7.42. The molecule has 1 aliphatic heterocycles. The fourth-order valence-corrected chi connectivity index (χ4v) is 3.69. The van der Waals surface area contributed by atoms with Gasteiger partial charge in [-0.3, -0.25) is 9.59 Å². The summed E-state index contributed by atoms with van der Waals surface area (Å²) in [4.78, 5) is 38.2. The molecule has 1 N–H and O–H groups in total. The monoisotopic (exact) mass is 392 g/mol. The van der Waals surface area contributed by atoms with Crippen molar-refractivity contribution in [3.8, 4) is 0 Å². The van der Waals surface area contributed by atoms with Crippen molar-refractivity contribution in [2.24, 2.45) is 0 Å². The Morgan fingerprint density at radius 1 is 1.17 bits per heavy atom. The third kappa shape index (κ3) is 4.29. The standard InChI is InChI=1S/C22H24N4O3/c1-14-17(22(28)24-15(2)23-14)12-21(27)26-11-10-19-18(13-26)25-20(29-19)9-8-16-6-4-3-5-7-16/h3-7H,8-13H2,1-2H3,(H,23,24,28). The first-order chi connectivity index (χ1) is 14.0. The third-order valence-corrected chi connectivity index (χ3v) is 5.26. The average molecular weight is 392 g/mol. The highest BCUT2D eigenvalue weighted by Crippen LogP contribution is 2.21. The highest BCUT2D eigenvalue weighted by molar-refractivity contribution is 5.79. The minimum Gasteiger partial charge on any atom is -0.445 e. The number of hydrogen-bond acceptors (Lipinski definition) is 5. The van der Waals surface area contributed by atoms with Crippen LogP contribution in [0.3, 0.4) is 0 Å². The van der Waals surface area contributed by atoms with E-state index in [0.717, 1.165) is 24.3 Å². The molecule has 7 heteroatoms. The Morgan fingerprint density at radius 3 is 2.72 bits per heavy atom. The number of nitrogens with one attached hydrogen (secondary N) is 1. The molecule has 0 saturated carbocycles. The van der Waals surface area contributed by atoms with Crippen LogP contribution in [0, 0.1) is 13.8 Å². The van der Waals surface area contributed by atoms with E-state index < -0.39 is 0 Å². The van der Waals surface area contributed by atoms with E-state index in [1.807, 2.05) is 18.2 Å². The van der Waals surface area contributed by atoms with Crippen molar-refractivity contribution in [1.29, 1.82) is 0 Å². The Balaban J connectivity index is 1.41. The lowest BCUT2D eigenvalue weighted by molar-refractivity contribution is -0.131. The molecule has 1 amide bonds. The molecule has 0 bridgehead atoms. The molecular weight excluding hydrogens is 368 g/mol. The zero-order valence-corrected chi connectivity index (χ0v) is 16.7. The van der Waals surface area contributed by atoms with Gasteiger partial charge in [0, 0.05) is 30.6 Å². The van der Waals surface area contributed by atoms with Gasteiger partial charge in [-0.2, -0.15) is 0 Å². The van der Waals surface area contributed by atoms with Crippen LogP contribution in [0.5, 0.6) is 0 Å². The molecule has 2 aromatic heterocycles. The number of amides is 1. The number of nitrogens with zero attached hydrogens (tertiary/aromatic N) is 3. The van der Waals surface area contributed by atoms with Gasteiger partial charge in [0.2, 0.25) is 5.91 Å². The molecule has 0 atom stereocenters. The number of aromatic amines is 1. The second kappa shape index (κ2) is 8.03. The van der Waals surface area contributed by atoms with Crippen molar-refractivity contribution in [3.05, 3.63) is 80.7 Å². The number of H-pyrrole nitrogens is 1. The second-order valence-corrected chi connectivity index (χ2v) is 7.42. The Bertz CT molecular complexity index is 1090. The summed E-state index contributed by atoms with van der Waals surface area (Å²) >= 11 is 0. The van der Waals surface area contributed by atoms with Gasteiger partial charge >= 0.3 is 0 Å². The van der Waals surface area contributed by atoms with E-state index in [9.17, 15) is 9.59 Å². The zero-order valence-electron chi connectivity index (χ0n) is 16.7. The summed E-state index contributed by atoms with van der Waals surface area (Å²) in [7, 11) is 0. The summed E-state index contributed by atoms with van der Waals surface area (Å²) in [5.74, 6) is 2.03. The highest BCUT2D eigenvalue weighted by Gasteiger charge is 2.26. The van der Waals surface area contributed by atoms with Crippen LogP contribution in [0.1, 0.15) is 40.0 Å². The average Bonchev–Trinajstić information content (AvgIpc) is 3.12. The molecule has 0 aliphatic carbocycles. The van der Waals surface area contributed by atoms with Crippen molar-refractivity contribution in [1.82, 2.24) is 19.9 Å². The topological polar surface area (TPSA) is 92.1 Å². The predicted molar refractivity (Wildman–Crippen MR) is 108 cm³/mol. The molecule has 1 aromatic carbocycles. The highest BCUT2D eigenvalue weighted by atomic mass is 16.4. The van der Waals surface area contributed by atoms with Crippen LogP contribution < -0.4 is 5.56 Å². The first kappa shape index (κ1) is 19.1. The van der Waals surface area contributed by atoms with Crippen LogP contribution in [0.15, 0.2) is 39.5 Å². The SMILES string of the molecule is Cc1nc(C)c(CC(=O)N2CCc3oc(CCc4ccccc4)nc3C2)c(=O)[nH]1. The summed E-state index contributed by atoms with van der Waals surface area (Å²) in [6.07, 6.45) is 2.28. The largest absolute Gasteiger partial charge is 0.445 e. The molecule has 4 rings (SSSR count). The van der Waals surface area contributed by atoms with E-state index in [0.29, 0.717) is 42.5 Å². The van der Waals surface area contributed by atoms with Crippen molar-refractivity contribution in [3.63, 3.8) is 0 Å². The number of benzene rings is 1. The molecule has 29 heavy (non-hydrogen) atoms. The quantitative estimate of drug-likeness (QED) is 0.719. The summed E-state index contributed by atoms with van der Waals surface area (Å²) in [5.41, 5.74) is 2.84. The van der Waals surface area contributed by atoms with Crippen molar-refractivity contribution >= 4 is 5.91 Å². The van der Waals surface area contributed by atoms with Gasteiger partial charge < -0.3 is 14.3 Å². The number of aryl methyl sites for hydroxylation is 4. The van der Waals surface area contributed by atoms with Crippen molar-refractivity contribution in [2.45, 2.75) is 46.1 Å². The molecule has 0 unspecified atom stereocenters. The lowest BCUT2D eigenvalue weighted by Crippen LogP contribution is -2.38. The van der Waals surface area contributed by atoms with Crippen LogP contribution in [0.4, 0.5) is 0 Å². The first-order valence-corrected chi connectivity index (χ1v) is 9.85. The van der Waals surface area contributed by atoms with E-state index in [-0.39, 0.29) is 17.9 Å². The number of carbonyl (C=O) groups excluding carboxylic acids is 1. The molecule has 7 nitrogen and oxygen atoms in total. The Morgan fingerprint density at radius 2 is 1.97 bits per heavy atom. The van der Waals surface area contributed by atoms with E-state index >= 15 is 0 Å². The van der Waals surface area contributed by atoms with Crippen LogP contribution in [0.2, 0.25) is 0 Å². The molecule has 1 aliphatic rings. The third-order valence-electron chi connectivity index (χ3n) is 5.26. The summed E-state index contributed by atoms with van der Waals surface area (Å²) in [5, 5.41) is 0. The minimum atomic E-state index is -0.245. The Kier molecular flexibility index (Phi) is 5.29. The smallest absolute Gasteiger partial charge is 0.254 e. The molecule has 0 spiro atoms. The van der Waals surface area contributed by atoms with E-state index in [1.165, 1.54) is 5.56 Å². The Labute approximate surface area is 168 Å². The van der Waals surface area contributed by atoms with Gasteiger partial charge in [0.25, 0.3) is 5.56 Å². The number of aromatic nitrogens is 3. The molecular formula is C22H24N4O3. The van der Waals surface area contributed by atoms with Gasteiger partial charge in [-0.15, -0.1) is 0 Å². The van der Waals surface area contributed by atoms with Crippen molar-refractivity contribution in [2.75, 3.05) is 6.54 Å². The number of oxazole rings is 1. The molecule has 3 aromatic rings. The number of rotatable bonds is 5. The Hall–Kier alpha value is -3.22. The summed E-state index contributed by atoms with van der Waals surface area (Å²) < 4.78 is 5.91. The predicted octanol–water partition coefficient (Wildman–Crippen LogP) is 2.29. The van der Waals surface area contributed by atoms with Gasteiger partial charge in [-0.05, 0) is 25.8 Å². The van der Waals surface area contributed by atoms with Gasteiger partial charge in [0.1, 0.15) is 17.3 Å². The van der Waals surface area contributed by atoms with Crippen LogP contribution in [-0.2, 0) is 37.0 Å². The fraction of sp³-hybridized carbons (Fsp3) is 0.364. The van der Waals surface area contributed by atoms with Gasteiger partial charge in [-0.1, -0.05) is 30.3 Å². The molecule has 3 heterocycles. The number of fused-ring (bicyclic) bond motifs is 1. The minimum absolute atomic E-state index is 0.0441. The number of hydrogen-bond donors (Lipinski definition) is 1. The van der Waals surface area contributed by atoms with Crippen LogP contribution in [-0.4, -0.2) is 32.3 Å². The van der Waals surface area contributed by atoms with Crippen LogP contribution in [0.25, 0.3) is 0 Å². The van der Waals surface area contributed by atoms with E-state index in [4.69, 9.17) is 4.42 Å². The summed E-state index contributed by atoms with van der Waals surface area (Å²) in [6, 6.07) is 10.2. The summed E-state index contributed by atoms with van der Waals surface area (Å²) in [6.45, 7) is 4.47. The van der Waals surface area contributed by atoms with Crippen LogP contribution >= 0.6 is 0 Å². The normalized spacial score (nSPS) is 13.4. The zero-order chi connectivity index (χ0) is 20.4. The maximum Gasteiger partial charge on any atom is 0.254 e. The van der Waals surface area contributed by atoms with E-state index in [2.05, 4.69) is 27.1 Å². The molecule has 0 radical (unpaired) electrons. The van der Waals surface area contributed by atoms with Gasteiger partial charge in [0.15, 0.2) is 5.89 Å². The fourth-order valence-electron chi connectivity index (χ4n) is 3.69. The van der Waals surface area contributed by atoms with Gasteiger partial charge in [-0.25, -0.2) is 9.97 Å². The molecule has 0 fully saturated rings. The number of carbonyl (C=O) groups is 1. The maximum absolute atomic E-state index is 12.8. The lowest BCUT2D eigenvalue weighted by Gasteiger charge is -2.25. The lowest BCUT2D eigenvalue weighted by atomic mass is 10.1. The first-order valence-electron chi connectivity index (χ1n) is 9.85. The van der Waals surface area contributed by atoms with E-state index in [1.54, 1.807) is 18.7 Å². The van der Waals surface area contributed by atoms with Gasteiger partial charge in [0.05, 0.1) is 13.0 Å². The molecule has 0 saturated heterocycles. The van der Waals surface area contributed by atoms with Crippen molar-refractivity contribution < 1.29 is 9.21 Å².